The molecule has 1 aliphatic heterocycles. The lowest BCUT2D eigenvalue weighted by atomic mass is 10.0. The zero-order valence-corrected chi connectivity index (χ0v) is 8.24. The van der Waals surface area contributed by atoms with Crippen LogP contribution in [-0.4, -0.2) is 10.9 Å². The predicted molar refractivity (Wildman–Crippen MR) is 55.7 cm³/mol. The Morgan fingerprint density at radius 1 is 1.50 bits per heavy atom. The molecule has 1 amide bonds. The summed E-state index contributed by atoms with van der Waals surface area (Å²) in [4.78, 5) is 15.6. The van der Waals surface area contributed by atoms with E-state index in [0.717, 1.165) is 11.1 Å². The van der Waals surface area contributed by atoms with Gasteiger partial charge in [-0.25, -0.2) is 4.98 Å². The van der Waals surface area contributed by atoms with E-state index >= 15 is 0 Å². The molecule has 2 heterocycles. The molecule has 3 heteroatoms. The van der Waals surface area contributed by atoms with Crippen molar-refractivity contribution >= 4 is 17.3 Å². The first-order valence-corrected chi connectivity index (χ1v) is 4.67. The number of allylic oxidation sites excluding steroid dienone is 1. The van der Waals surface area contributed by atoms with E-state index in [-0.39, 0.29) is 5.91 Å². The summed E-state index contributed by atoms with van der Waals surface area (Å²) in [6, 6.07) is 3.75. The van der Waals surface area contributed by atoms with E-state index in [2.05, 4.69) is 24.1 Å². The second kappa shape index (κ2) is 3.25. The minimum absolute atomic E-state index is 0.0487. The summed E-state index contributed by atoms with van der Waals surface area (Å²) in [5.41, 5.74) is 1.65. The molecule has 3 nitrogen and oxygen atoms in total. The zero-order chi connectivity index (χ0) is 10.1. The average molecular weight is 188 g/mol. The van der Waals surface area contributed by atoms with Gasteiger partial charge in [-0.1, -0.05) is 19.9 Å². The van der Waals surface area contributed by atoms with Gasteiger partial charge in [-0.2, -0.15) is 0 Å². The summed E-state index contributed by atoms with van der Waals surface area (Å²) in [5.74, 6) is 0.985. The minimum Gasteiger partial charge on any atom is -0.306 e. The van der Waals surface area contributed by atoms with Crippen molar-refractivity contribution in [2.24, 2.45) is 5.92 Å². The standard InChI is InChI=1S/C11H12N2O/c1-7(2)6-9-8-4-3-5-12-10(8)13-11(9)14/h3-7H,1-2H3,(H,12,13,14)/b9-6+. The number of nitrogens with zero attached hydrogens (tertiary/aromatic N) is 1. The Hall–Kier alpha value is -1.64. The van der Waals surface area contributed by atoms with Crippen molar-refractivity contribution in [2.75, 3.05) is 5.32 Å². The van der Waals surface area contributed by atoms with Crippen molar-refractivity contribution in [1.29, 1.82) is 0 Å². The maximum atomic E-state index is 11.5. The lowest BCUT2D eigenvalue weighted by molar-refractivity contribution is -0.110. The number of carbonyl (C=O) groups is 1. The van der Waals surface area contributed by atoms with E-state index in [1.165, 1.54) is 0 Å². The molecule has 1 aromatic heterocycles. The van der Waals surface area contributed by atoms with E-state index in [1.54, 1.807) is 6.20 Å². The van der Waals surface area contributed by atoms with Crippen molar-refractivity contribution in [3.05, 3.63) is 30.0 Å². The van der Waals surface area contributed by atoms with E-state index in [4.69, 9.17) is 0 Å². The largest absolute Gasteiger partial charge is 0.306 e. The van der Waals surface area contributed by atoms with Gasteiger partial charge in [0.15, 0.2) is 0 Å². The third-order valence-electron chi connectivity index (χ3n) is 2.07. The Labute approximate surface area is 82.9 Å². The second-order valence-electron chi connectivity index (χ2n) is 3.68. The van der Waals surface area contributed by atoms with Crippen LogP contribution in [0.25, 0.3) is 5.57 Å². The van der Waals surface area contributed by atoms with Crippen LogP contribution in [0.15, 0.2) is 24.4 Å². The molecule has 0 bridgehead atoms. The molecule has 14 heavy (non-hydrogen) atoms. The van der Waals surface area contributed by atoms with Crippen LogP contribution in [0.1, 0.15) is 19.4 Å². The van der Waals surface area contributed by atoms with Gasteiger partial charge in [0, 0.05) is 17.3 Å². The molecule has 2 rings (SSSR count). The molecule has 0 saturated heterocycles. The van der Waals surface area contributed by atoms with Crippen LogP contribution in [0.5, 0.6) is 0 Å². The average Bonchev–Trinajstić information content (AvgIpc) is 2.43. The number of amides is 1. The Balaban J connectivity index is 2.50. The van der Waals surface area contributed by atoms with Gasteiger partial charge in [0.2, 0.25) is 0 Å². The van der Waals surface area contributed by atoms with Crippen LogP contribution < -0.4 is 5.32 Å². The monoisotopic (exact) mass is 188 g/mol. The first-order chi connectivity index (χ1) is 6.68. The molecule has 0 spiro atoms. The van der Waals surface area contributed by atoms with Crippen molar-refractivity contribution in [3.63, 3.8) is 0 Å². The second-order valence-corrected chi connectivity index (χ2v) is 3.68. The number of nitrogens with one attached hydrogen (secondary N) is 1. The van der Waals surface area contributed by atoms with E-state index in [1.807, 2.05) is 18.2 Å². The van der Waals surface area contributed by atoms with Crippen LogP contribution in [0.3, 0.4) is 0 Å². The Morgan fingerprint density at radius 3 is 3.00 bits per heavy atom. The van der Waals surface area contributed by atoms with Crippen LogP contribution in [0, 0.1) is 5.92 Å². The summed E-state index contributed by atoms with van der Waals surface area (Å²) < 4.78 is 0. The molecular weight excluding hydrogens is 176 g/mol. The quantitative estimate of drug-likeness (QED) is 0.685. The fourth-order valence-electron chi connectivity index (χ4n) is 1.52. The lowest BCUT2D eigenvalue weighted by Crippen LogP contribution is -2.04. The number of pyridine rings is 1. The molecule has 1 N–H and O–H groups in total. The van der Waals surface area contributed by atoms with Crippen molar-refractivity contribution in [2.45, 2.75) is 13.8 Å². The highest BCUT2D eigenvalue weighted by atomic mass is 16.2. The molecule has 0 atom stereocenters. The Kier molecular flexibility index (Phi) is 2.08. The molecule has 0 unspecified atom stereocenters. The third kappa shape index (κ3) is 1.41. The third-order valence-corrected chi connectivity index (χ3v) is 2.07. The first kappa shape index (κ1) is 8.94. The van der Waals surface area contributed by atoms with Gasteiger partial charge in [-0.3, -0.25) is 4.79 Å². The maximum Gasteiger partial charge on any atom is 0.257 e. The molecular formula is C11H12N2O. The van der Waals surface area contributed by atoms with Crippen LogP contribution >= 0.6 is 0 Å². The molecule has 0 aliphatic carbocycles. The molecule has 0 fully saturated rings. The molecule has 72 valence electrons. The number of hydrogen-bond acceptors (Lipinski definition) is 2. The summed E-state index contributed by atoms with van der Waals surface area (Å²) in [7, 11) is 0. The number of rotatable bonds is 1. The number of fused-ring (bicyclic) bond motifs is 1. The highest BCUT2D eigenvalue weighted by molar-refractivity contribution is 6.30. The molecule has 0 saturated carbocycles. The van der Waals surface area contributed by atoms with Gasteiger partial charge in [0.1, 0.15) is 5.82 Å². The summed E-state index contributed by atoms with van der Waals surface area (Å²) in [6.45, 7) is 4.10. The van der Waals surface area contributed by atoms with E-state index in [9.17, 15) is 4.79 Å². The van der Waals surface area contributed by atoms with Crippen molar-refractivity contribution in [1.82, 2.24) is 4.98 Å². The van der Waals surface area contributed by atoms with Crippen molar-refractivity contribution < 1.29 is 4.79 Å². The summed E-state index contributed by atoms with van der Waals surface area (Å²) in [5, 5.41) is 2.73. The lowest BCUT2D eigenvalue weighted by Gasteiger charge is -1.98. The first-order valence-electron chi connectivity index (χ1n) is 4.67. The topological polar surface area (TPSA) is 42.0 Å². The highest BCUT2D eigenvalue weighted by Gasteiger charge is 2.24. The zero-order valence-electron chi connectivity index (χ0n) is 8.24. The number of hydrogen-bond donors (Lipinski definition) is 1. The normalized spacial score (nSPS) is 17.4. The number of carbonyl (C=O) groups excluding carboxylic acids is 1. The van der Waals surface area contributed by atoms with Gasteiger partial charge in [-0.15, -0.1) is 0 Å². The van der Waals surface area contributed by atoms with Crippen LogP contribution in [0.2, 0.25) is 0 Å². The van der Waals surface area contributed by atoms with Gasteiger partial charge in [-0.05, 0) is 18.1 Å². The fourth-order valence-corrected chi connectivity index (χ4v) is 1.52. The van der Waals surface area contributed by atoms with Crippen LogP contribution in [0.4, 0.5) is 5.82 Å². The molecule has 0 aromatic carbocycles. The Morgan fingerprint density at radius 2 is 2.29 bits per heavy atom. The number of anilines is 1. The minimum atomic E-state index is -0.0487. The molecule has 1 aliphatic rings. The smallest absolute Gasteiger partial charge is 0.257 e. The highest BCUT2D eigenvalue weighted by Crippen LogP contribution is 2.29. The van der Waals surface area contributed by atoms with Crippen LogP contribution in [-0.2, 0) is 4.79 Å². The fraction of sp³-hybridized carbons (Fsp3) is 0.273. The van der Waals surface area contributed by atoms with Gasteiger partial charge < -0.3 is 5.32 Å². The van der Waals surface area contributed by atoms with E-state index in [0.29, 0.717) is 11.7 Å². The molecule has 0 radical (unpaired) electrons. The van der Waals surface area contributed by atoms with E-state index < -0.39 is 0 Å². The SMILES string of the molecule is CC(C)/C=C1/C(=O)Nc2ncccc21. The van der Waals surface area contributed by atoms with Gasteiger partial charge in [0.05, 0.1) is 0 Å². The Bertz CT molecular complexity index is 408. The van der Waals surface area contributed by atoms with Gasteiger partial charge >= 0.3 is 0 Å². The molecule has 1 aromatic rings. The summed E-state index contributed by atoms with van der Waals surface area (Å²) in [6.07, 6.45) is 3.64. The predicted octanol–water partition coefficient (Wildman–Crippen LogP) is 2.07. The summed E-state index contributed by atoms with van der Waals surface area (Å²) >= 11 is 0. The van der Waals surface area contributed by atoms with Crippen molar-refractivity contribution in [3.8, 4) is 0 Å². The van der Waals surface area contributed by atoms with Gasteiger partial charge in [0.25, 0.3) is 5.91 Å². The maximum absolute atomic E-state index is 11.5. The number of aromatic nitrogens is 1.